The van der Waals surface area contributed by atoms with Gasteiger partial charge in [0.05, 0.1) is 23.7 Å². The number of carbonyl (C=O) groups is 4. The summed E-state index contributed by atoms with van der Waals surface area (Å²) in [4.78, 5) is 57.4. The number of carboxylic acids is 2. The quantitative estimate of drug-likeness (QED) is 0.0859. The van der Waals surface area contributed by atoms with Crippen molar-refractivity contribution in [1.82, 2.24) is 9.80 Å². The second-order valence-corrected chi connectivity index (χ2v) is 15.6. The first-order valence-corrected chi connectivity index (χ1v) is 20.3. The second-order valence-electron chi connectivity index (χ2n) is 12.8. The van der Waals surface area contributed by atoms with Crippen LogP contribution in [0.25, 0.3) is 0 Å². The number of nitrogens with zero attached hydrogens (tertiary/aromatic N) is 2. The van der Waals surface area contributed by atoms with Crippen LogP contribution in [0, 0.1) is 23.7 Å². The fraction of sp³-hybridized carbons (Fsp3) is 0.333. The van der Waals surface area contributed by atoms with E-state index in [0.29, 0.717) is 47.6 Å². The summed E-state index contributed by atoms with van der Waals surface area (Å²) in [5, 5.41) is 20.6. The van der Waals surface area contributed by atoms with Gasteiger partial charge in [-0.1, -0.05) is 74.5 Å². The Bertz CT molecular complexity index is 1690. The number of thioether (sulfide) groups is 2. The van der Waals surface area contributed by atoms with Gasteiger partial charge >= 0.3 is 11.9 Å². The van der Waals surface area contributed by atoms with Gasteiger partial charge in [-0.05, 0) is 71.2 Å². The Balaban J connectivity index is 1.39. The first-order valence-electron chi connectivity index (χ1n) is 18.0. The van der Waals surface area contributed by atoms with Gasteiger partial charge in [0.15, 0.2) is 0 Å². The van der Waals surface area contributed by atoms with Gasteiger partial charge in [-0.2, -0.15) is 23.5 Å². The highest BCUT2D eigenvalue weighted by molar-refractivity contribution is 7.99. The van der Waals surface area contributed by atoms with E-state index in [1.54, 1.807) is 57.6 Å². The fourth-order valence-corrected chi connectivity index (χ4v) is 7.86. The zero-order chi connectivity index (χ0) is 38.5. The third kappa shape index (κ3) is 10.6. The van der Waals surface area contributed by atoms with E-state index >= 15 is 0 Å². The second kappa shape index (κ2) is 19.9. The van der Waals surface area contributed by atoms with Crippen LogP contribution in [-0.4, -0.2) is 79.9 Å². The van der Waals surface area contributed by atoms with Gasteiger partial charge in [-0.15, -0.1) is 0 Å². The van der Waals surface area contributed by atoms with Gasteiger partial charge in [0.1, 0.15) is 23.0 Å². The molecule has 0 radical (unpaired) electrons. The molecular formula is C42H46N2O8S2. The maximum atomic E-state index is 14.5. The molecule has 5 rings (SSSR count). The molecule has 0 saturated heterocycles. The minimum Gasteiger partial charge on any atom is -0.481 e. The molecule has 0 aliphatic heterocycles. The topological polar surface area (TPSA) is 134 Å². The van der Waals surface area contributed by atoms with Gasteiger partial charge < -0.3 is 29.5 Å². The number of amides is 2. The van der Waals surface area contributed by atoms with Crippen LogP contribution in [0.2, 0.25) is 0 Å². The monoisotopic (exact) mass is 770 g/mol. The summed E-state index contributed by atoms with van der Waals surface area (Å²) in [6.45, 7) is 4.94. The summed E-state index contributed by atoms with van der Waals surface area (Å²) in [5.41, 5.74) is 1.57. The first-order chi connectivity index (χ1) is 26.2. The third-order valence-corrected chi connectivity index (χ3v) is 11.0. The lowest BCUT2D eigenvalue weighted by molar-refractivity contribution is -0.187. The summed E-state index contributed by atoms with van der Waals surface area (Å²) in [7, 11) is 0. The predicted octanol–water partition coefficient (Wildman–Crippen LogP) is 7.78. The molecule has 54 heavy (non-hydrogen) atoms. The Morgan fingerprint density at radius 3 is 1.17 bits per heavy atom. The minimum atomic E-state index is -1.55. The predicted molar refractivity (Wildman–Crippen MR) is 212 cm³/mol. The van der Waals surface area contributed by atoms with E-state index in [0.717, 1.165) is 22.6 Å². The van der Waals surface area contributed by atoms with Crippen LogP contribution < -0.4 is 9.47 Å². The van der Waals surface area contributed by atoms with Crippen LogP contribution in [0.3, 0.4) is 0 Å². The van der Waals surface area contributed by atoms with Gasteiger partial charge in [0, 0.05) is 37.7 Å². The Morgan fingerprint density at radius 1 is 0.519 bits per heavy atom. The summed E-state index contributed by atoms with van der Waals surface area (Å²) in [5.74, 6) is -4.24. The van der Waals surface area contributed by atoms with Crippen molar-refractivity contribution in [3.8, 4) is 23.0 Å². The Labute approximate surface area is 324 Å². The van der Waals surface area contributed by atoms with Crippen LogP contribution in [0.5, 0.6) is 23.0 Å². The Morgan fingerprint density at radius 2 is 0.852 bits per heavy atom. The van der Waals surface area contributed by atoms with Gasteiger partial charge in [-0.25, -0.2) is 0 Å². The van der Waals surface area contributed by atoms with Crippen LogP contribution >= 0.6 is 23.5 Å². The SMILES string of the molecule is CCSCCN(Cc1ccc(Oc2ccccc2)cc1)C(=O)C1C(C(=O)O)C(C(=O)O)C1C(=O)N(CCSCC)Cc1ccc(Oc2ccccc2)cc1. The molecule has 0 aromatic heterocycles. The average molecular weight is 771 g/mol. The molecule has 1 aliphatic rings. The van der Waals surface area contributed by atoms with E-state index in [1.807, 2.05) is 98.8 Å². The van der Waals surface area contributed by atoms with Crippen molar-refractivity contribution in [1.29, 1.82) is 0 Å². The number of aliphatic carboxylic acids is 2. The van der Waals surface area contributed by atoms with E-state index in [9.17, 15) is 29.4 Å². The summed E-state index contributed by atoms with van der Waals surface area (Å²) in [6.07, 6.45) is 0. The molecule has 1 saturated carbocycles. The largest absolute Gasteiger partial charge is 0.481 e. The van der Waals surface area contributed by atoms with Crippen molar-refractivity contribution in [3.63, 3.8) is 0 Å². The Kier molecular flexibility index (Phi) is 14.9. The van der Waals surface area contributed by atoms with Crippen molar-refractivity contribution in [3.05, 3.63) is 120 Å². The molecule has 2 amide bonds. The normalized spacial score (nSPS) is 17.5. The van der Waals surface area contributed by atoms with Crippen molar-refractivity contribution in [2.45, 2.75) is 26.9 Å². The van der Waals surface area contributed by atoms with E-state index < -0.39 is 47.4 Å². The maximum absolute atomic E-state index is 14.5. The molecule has 0 bridgehead atoms. The summed E-state index contributed by atoms with van der Waals surface area (Å²) < 4.78 is 11.8. The molecular weight excluding hydrogens is 725 g/mol. The Hall–Kier alpha value is -4.94. The molecule has 2 N–H and O–H groups in total. The number of carboxylic acid groups (broad SMARTS) is 2. The smallest absolute Gasteiger partial charge is 0.308 e. The number of carbonyl (C=O) groups excluding carboxylic acids is 2. The number of benzene rings is 4. The van der Waals surface area contributed by atoms with Crippen LogP contribution in [-0.2, 0) is 32.3 Å². The molecule has 1 fully saturated rings. The van der Waals surface area contributed by atoms with Gasteiger partial charge in [0.25, 0.3) is 0 Å². The van der Waals surface area contributed by atoms with E-state index in [2.05, 4.69) is 0 Å². The number of para-hydroxylation sites is 2. The van der Waals surface area contributed by atoms with Gasteiger partial charge in [0.2, 0.25) is 11.8 Å². The number of ether oxygens (including phenoxy) is 2. The molecule has 10 nitrogen and oxygen atoms in total. The zero-order valence-corrected chi connectivity index (χ0v) is 32.0. The summed E-state index contributed by atoms with van der Waals surface area (Å²) >= 11 is 3.27. The van der Waals surface area contributed by atoms with E-state index in [1.165, 1.54) is 0 Å². The van der Waals surface area contributed by atoms with Crippen molar-refractivity contribution < 1.29 is 38.9 Å². The molecule has 284 valence electrons. The molecule has 0 spiro atoms. The summed E-state index contributed by atoms with van der Waals surface area (Å²) in [6, 6.07) is 33.3. The lowest BCUT2D eigenvalue weighted by Crippen LogP contribution is -2.64. The molecule has 4 aromatic rings. The van der Waals surface area contributed by atoms with Crippen LogP contribution in [0.1, 0.15) is 25.0 Å². The van der Waals surface area contributed by atoms with E-state index in [4.69, 9.17) is 9.47 Å². The van der Waals surface area contributed by atoms with Crippen LogP contribution in [0.15, 0.2) is 109 Å². The molecule has 4 unspecified atom stereocenters. The van der Waals surface area contributed by atoms with Crippen molar-refractivity contribution in [2.24, 2.45) is 23.7 Å². The maximum Gasteiger partial charge on any atom is 0.308 e. The third-order valence-electron chi connectivity index (χ3n) is 9.28. The zero-order valence-electron chi connectivity index (χ0n) is 30.4. The molecule has 4 aromatic carbocycles. The molecule has 12 heteroatoms. The standard InChI is InChI=1S/C42H46N2O8S2/c1-3-53-25-23-43(27-29-15-19-33(20-16-29)51-31-11-7-5-8-12-31)39(45)35-36(38(42(49)50)37(35)41(47)48)40(46)44(24-26-54-4-2)28-30-17-21-34(22-18-30)52-32-13-9-6-10-14-32/h5-22,35-38H,3-4,23-28H2,1-2H3,(H,47,48)(H,49,50). The van der Waals surface area contributed by atoms with Gasteiger partial charge in [-0.3, -0.25) is 19.2 Å². The number of rotatable bonds is 20. The number of hydrogen-bond acceptors (Lipinski definition) is 8. The highest BCUT2D eigenvalue weighted by atomic mass is 32.2. The minimum absolute atomic E-state index is 0.157. The van der Waals surface area contributed by atoms with Crippen molar-refractivity contribution in [2.75, 3.05) is 36.1 Å². The molecule has 4 atom stereocenters. The highest BCUT2D eigenvalue weighted by Gasteiger charge is 2.64. The lowest BCUT2D eigenvalue weighted by Gasteiger charge is -2.48. The fourth-order valence-electron chi connectivity index (χ4n) is 6.59. The van der Waals surface area contributed by atoms with Crippen molar-refractivity contribution >= 4 is 47.3 Å². The average Bonchev–Trinajstić information content (AvgIpc) is 3.15. The van der Waals surface area contributed by atoms with Crippen LogP contribution in [0.4, 0.5) is 0 Å². The first kappa shape index (κ1) is 40.2. The highest BCUT2D eigenvalue weighted by Crippen LogP contribution is 2.49. The van der Waals surface area contributed by atoms with E-state index in [-0.39, 0.29) is 13.1 Å². The lowest BCUT2D eigenvalue weighted by atomic mass is 9.55. The molecule has 0 heterocycles. The number of hydrogen-bond donors (Lipinski definition) is 2. The molecule has 1 aliphatic carbocycles.